The van der Waals surface area contributed by atoms with Crippen LogP contribution in [-0.2, 0) is 6.54 Å². The van der Waals surface area contributed by atoms with Gasteiger partial charge in [-0.1, -0.05) is 6.07 Å². The minimum absolute atomic E-state index is 0.126. The van der Waals surface area contributed by atoms with E-state index in [1.165, 1.54) is 0 Å². The van der Waals surface area contributed by atoms with E-state index in [4.69, 9.17) is 8.83 Å². The van der Waals surface area contributed by atoms with E-state index in [0.717, 1.165) is 22.2 Å². The molecule has 0 saturated carbocycles. The van der Waals surface area contributed by atoms with E-state index in [1.54, 1.807) is 17.5 Å². The van der Waals surface area contributed by atoms with Crippen LogP contribution in [0.3, 0.4) is 0 Å². The third-order valence-electron chi connectivity index (χ3n) is 3.06. The van der Waals surface area contributed by atoms with Crippen LogP contribution in [0.2, 0.25) is 0 Å². The first-order valence-electron chi connectivity index (χ1n) is 6.50. The highest BCUT2D eigenvalue weighted by molar-refractivity contribution is 7.13. The Morgan fingerprint density at radius 1 is 1.30 bits per heavy atom. The third-order valence-corrected chi connectivity index (χ3v) is 3.95. The molecule has 0 aromatic carbocycles. The molecule has 0 fully saturated rings. The SMILES string of the molecule is Cc1ccc(C(C)NCc2ncc(-c3cccs3)o2)o1. The van der Waals surface area contributed by atoms with Gasteiger partial charge in [-0.15, -0.1) is 11.3 Å². The molecule has 0 bridgehead atoms. The fourth-order valence-electron chi connectivity index (χ4n) is 1.95. The van der Waals surface area contributed by atoms with Crippen LogP contribution in [0, 0.1) is 6.92 Å². The predicted octanol–water partition coefficient (Wildman–Crippen LogP) is 4.16. The second-order valence-corrected chi connectivity index (χ2v) is 5.59. The number of oxazole rings is 1. The molecule has 0 spiro atoms. The number of nitrogens with zero attached hydrogens (tertiary/aromatic N) is 1. The third kappa shape index (κ3) is 2.84. The molecule has 0 aliphatic heterocycles. The van der Waals surface area contributed by atoms with Gasteiger partial charge in [0, 0.05) is 0 Å². The second kappa shape index (κ2) is 5.64. The molecule has 3 aromatic rings. The number of nitrogens with one attached hydrogen (secondary N) is 1. The van der Waals surface area contributed by atoms with Crippen LogP contribution < -0.4 is 5.32 Å². The molecule has 1 unspecified atom stereocenters. The van der Waals surface area contributed by atoms with E-state index >= 15 is 0 Å². The Labute approximate surface area is 121 Å². The fraction of sp³-hybridized carbons (Fsp3) is 0.267. The quantitative estimate of drug-likeness (QED) is 0.766. The largest absolute Gasteiger partial charge is 0.465 e. The Hall–Kier alpha value is -1.85. The van der Waals surface area contributed by atoms with Crippen molar-refractivity contribution in [1.29, 1.82) is 0 Å². The summed E-state index contributed by atoms with van der Waals surface area (Å²) in [5.74, 6) is 3.35. The van der Waals surface area contributed by atoms with Gasteiger partial charge in [-0.2, -0.15) is 0 Å². The highest BCUT2D eigenvalue weighted by Crippen LogP contribution is 2.25. The fourth-order valence-corrected chi connectivity index (χ4v) is 2.62. The van der Waals surface area contributed by atoms with E-state index in [0.29, 0.717) is 12.4 Å². The van der Waals surface area contributed by atoms with Crippen molar-refractivity contribution in [3.8, 4) is 10.6 Å². The lowest BCUT2D eigenvalue weighted by Crippen LogP contribution is -2.17. The predicted molar refractivity (Wildman–Crippen MR) is 78.5 cm³/mol. The van der Waals surface area contributed by atoms with Crippen LogP contribution in [0.4, 0.5) is 0 Å². The lowest BCUT2D eigenvalue weighted by molar-refractivity contribution is 0.394. The minimum atomic E-state index is 0.126. The van der Waals surface area contributed by atoms with Crippen molar-refractivity contribution in [1.82, 2.24) is 10.3 Å². The summed E-state index contributed by atoms with van der Waals surface area (Å²) in [6.45, 7) is 4.57. The first kappa shape index (κ1) is 13.1. The number of furan rings is 1. The summed E-state index contributed by atoms with van der Waals surface area (Å²) < 4.78 is 11.3. The molecule has 20 heavy (non-hydrogen) atoms. The topological polar surface area (TPSA) is 51.2 Å². The molecule has 3 rings (SSSR count). The van der Waals surface area contributed by atoms with Crippen molar-refractivity contribution < 1.29 is 8.83 Å². The van der Waals surface area contributed by atoms with Gasteiger partial charge >= 0.3 is 0 Å². The average Bonchev–Trinajstić information content (AvgIpc) is 3.16. The minimum Gasteiger partial charge on any atom is -0.465 e. The van der Waals surface area contributed by atoms with Crippen LogP contribution in [0.1, 0.15) is 30.4 Å². The van der Waals surface area contributed by atoms with Gasteiger partial charge in [0.15, 0.2) is 5.76 Å². The van der Waals surface area contributed by atoms with Gasteiger partial charge in [0.05, 0.1) is 23.7 Å². The Bertz CT molecular complexity index is 670. The standard InChI is InChI=1S/C15H16N2O2S/c1-10-5-6-12(18-10)11(2)16-9-15-17-8-13(19-15)14-4-3-7-20-14/h3-8,11,16H,9H2,1-2H3. The number of hydrogen-bond acceptors (Lipinski definition) is 5. The van der Waals surface area contributed by atoms with Crippen LogP contribution in [0.15, 0.2) is 44.7 Å². The van der Waals surface area contributed by atoms with Crippen molar-refractivity contribution in [2.75, 3.05) is 0 Å². The first-order valence-corrected chi connectivity index (χ1v) is 7.38. The zero-order valence-corrected chi connectivity index (χ0v) is 12.2. The van der Waals surface area contributed by atoms with Gasteiger partial charge in [-0.05, 0) is 37.4 Å². The molecule has 104 valence electrons. The van der Waals surface area contributed by atoms with Crippen LogP contribution >= 0.6 is 11.3 Å². The summed E-state index contributed by atoms with van der Waals surface area (Å²) in [5.41, 5.74) is 0. The molecule has 3 aromatic heterocycles. The van der Waals surface area contributed by atoms with Crippen molar-refractivity contribution in [3.05, 3.63) is 53.3 Å². The summed E-state index contributed by atoms with van der Waals surface area (Å²) in [5, 5.41) is 5.37. The smallest absolute Gasteiger partial charge is 0.208 e. The lowest BCUT2D eigenvalue weighted by Gasteiger charge is -2.09. The number of rotatable bonds is 5. The van der Waals surface area contributed by atoms with E-state index in [-0.39, 0.29) is 6.04 Å². The summed E-state index contributed by atoms with van der Waals surface area (Å²) >= 11 is 1.64. The maximum Gasteiger partial charge on any atom is 0.208 e. The molecule has 0 amide bonds. The Balaban J connectivity index is 1.61. The van der Waals surface area contributed by atoms with Crippen molar-refractivity contribution in [2.45, 2.75) is 26.4 Å². The van der Waals surface area contributed by atoms with Gasteiger partial charge in [0.1, 0.15) is 11.5 Å². The molecule has 3 heterocycles. The monoisotopic (exact) mass is 288 g/mol. The molecular weight excluding hydrogens is 272 g/mol. The van der Waals surface area contributed by atoms with E-state index < -0.39 is 0 Å². The highest BCUT2D eigenvalue weighted by Gasteiger charge is 2.11. The Morgan fingerprint density at radius 3 is 2.90 bits per heavy atom. The summed E-state index contributed by atoms with van der Waals surface area (Å²) in [6.07, 6.45) is 1.77. The molecule has 0 saturated heterocycles. The zero-order valence-electron chi connectivity index (χ0n) is 11.4. The number of thiophene rings is 1. The van der Waals surface area contributed by atoms with Crippen LogP contribution in [-0.4, -0.2) is 4.98 Å². The number of aromatic nitrogens is 1. The molecule has 0 radical (unpaired) electrons. The summed E-state index contributed by atoms with van der Waals surface area (Å²) in [7, 11) is 0. The number of aryl methyl sites for hydroxylation is 1. The highest BCUT2D eigenvalue weighted by atomic mass is 32.1. The Morgan fingerprint density at radius 2 is 2.20 bits per heavy atom. The van der Waals surface area contributed by atoms with E-state index in [9.17, 15) is 0 Å². The van der Waals surface area contributed by atoms with Crippen LogP contribution in [0.25, 0.3) is 10.6 Å². The van der Waals surface area contributed by atoms with Gasteiger partial charge in [0.25, 0.3) is 0 Å². The van der Waals surface area contributed by atoms with E-state index in [1.807, 2.05) is 36.6 Å². The van der Waals surface area contributed by atoms with E-state index in [2.05, 4.69) is 17.2 Å². The summed E-state index contributed by atoms with van der Waals surface area (Å²) in [4.78, 5) is 5.39. The lowest BCUT2D eigenvalue weighted by atomic mass is 10.2. The van der Waals surface area contributed by atoms with Crippen molar-refractivity contribution >= 4 is 11.3 Å². The van der Waals surface area contributed by atoms with Gasteiger partial charge in [-0.3, -0.25) is 5.32 Å². The molecule has 5 heteroatoms. The maximum absolute atomic E-state index is 5.73. The first-order chi connectivity index (χ1) is 9.72. The second-order valence-electron chi connectivity index (χ2n) is 4.65. The molecular formula is C15H16N2O2S. The summed E-state index contributed by atoms with van der Waals surface area (Å²) in [6, 6.07) is 8.10. The van der Waals surface area contributed by atoms with Gasteiger partial charge in [-0.25, -0.2) is 4.98 Å². The normalized spacial score (nSPS) is 12.7. The molecule has 1 N–H and O–H groups in total. The average molecular weight is 288 g/mol. The Kier molecular flexibility index (Phi) is 3.71. The molecule has 0 aliphatic carbocycles. The number of hydrogen-bond donors (Lipinski definition) is 1. The molecule has 1 atom stereocenters. The maximum atomic E-state index is 5.73. The zero-order chi connectivity index (χ0) is 13.9. The van der Waals surface area contributed by atoms with Gasteiger partial charge in [0.2, 0.25) is 5.89 Å². The van der Waals surface area contributed by atoms with Crippen molar-refractivity contribution in [3.63, 3.8) is 0 Å². The molecule has 0 aliphatic rings. The van der Waals surface area contributed by atoms with Crippen LogP contribution in [0.5, 0.6) is 0 Å². The van der Waals surface area contributed by atoms with Gasteiger partial charge < -0.3 is 8.83 Å². The molecule has 4 nitrogen and oxygen atoms in total. The van der Waals surface area contributed by atoms with Crippen molar-refractivity contribution in [2.24, 2.45) is 0 Å².